The summed E-state index contributed by atoms with van der Waals surface area (Å²) in [5.74, 6) is 0.363. The van der Waals surface area contributed by atoms with Gasteiger partial charge in [-0.25, -0.2) is 22.8 Å². The molecular formula is C28H36F3N7O4S. The fourth-order valence-electron chi connectivity index (χ4n) is 5.59. The van der Waals surface area contributed by atoms with Crippen LogP contribution in [0.15, 0.2) is 35.5 Å². The third-order valence-electron chi connectivity index (χ3n) is 8.59. The van der Waals surface area contributed by atoms with Crippen LogP contribution in [0.4, 0.5) is 19.0 Å². The number of nitrogens with zero attached hydrogens (tertiary/aromatic N) is 6. The number of halogens is 3. The number of hydrogen-bond acceptors (Lipinski definition) is 8. The van der Waals surface area contributed by atoms with Crippen LogP contribution in [-0.4, -0.2) is 63.7 Å². The molecule has 0 radical (unpaired) electrons. The Morgan fingerprint density at radius 2 is 1.84 bits per heavy atom. The van der Waals surface area contributed by atoms with Crippen molar-refractivity contribution < 1.29 is 31.1 Å². The van der Waals surface area contributed by atoms with Crippen molar-refractivity contribution in [3.05, 3.63) is 41.9 Å². The Morgan fingerprint density at radius 3 is 2.44 bits per heavy atom. The van der Waals surface area contributed by atoms with Gasteiger partial charge in [0.1, 0.15) is 22.7 Å². The van der Waals surface area contributed by atoms with E-state index in [1.54, 1.807) is 7.05 Å². The van der Waals surface area contributed by atoms with Crippen LogP contribution in [0.1, 0.15) is 63.0 Å². The first-order chi connectivity index (χ1) is 19.9. The Kier molecular flexibility index (Phi) is 7.55. The predicted molar refractivity (Wildman–Crippen MR) is 152 cm³/mol. The van der Waals surface area contributed by atoms with Crippen molar-refractivity contribution in [1.82, 2.24) is 29.3 Å². The number of sulfonamides is 1. The SMILES string of the molecule is Cc1nn(C)cc1S(=O)(=O)NC(=O)c1ccc(-n2ccc(OCC3(C(F)(F)F)CC3)n2)nc1N1CC(C)[C@@H](C)CC1(C)C. The van der Waals surface area contributed by atoms with Crippen molar-refractivity contribution >= 4 is 21.7 Å². The van der Waals surface area contributed by atoms with E-state index in [9.17, 15) is 26.4 Å². The third kappa shape index (κ3) is 5.95. The molecule has 11 nitrogen and oxygen atoms in total. The fraction of sp³-hybridized carbons (Fsp3) is 0.571. The van der Waals surface area contributed by atoms with Crippen molar-refractivity contribution in [2.75, 3.05) is 18.1 Å². The van der Waals surface area contributed by atoms with Crippen molar-refractivity contribution in [1.29, 1.82) is 0 Å². The Balaban J connectivity index is 1.48. The second-order valence-corrected chi connectivity index (χ2v) is 14.1. The topological polar surface area (TPSA) is 124 Å². The minimum absolute atomic E-state index is 0.0133. The molecule has 2 aliphatic rings. The number of pyridine rings is 1. The molecule has 0 aromatic carbocycles. The molecule has 3 aromatic rings. The molecule has 2 atom stereocenters. The first-order valence-electron chi connectivity index (χ1n) is 14.0. The molecule has 5 rings (SSSR count). The molecule has 1 N–H and O–H groups in total. The highest BCUT2D eigenvalue weighted by Crippen LogP contribution is 2.57. The third-order valence-corrected chi connectivity index (χ3v) is 10.0. The molecule has 0 bridgehead atoms. The van der Waals surface area contributed by atoms with E-state index >= 15 is 0 Å². The quantitative estimate of drug-likeness (QED) is 0.392. The number of carbonyl (C=O) groups is 1. The fourth-order valence-corrected chi connectivity index (χ4v) is 6.78. The lowest BCUT2D eigenvalue weighted by Crippen LogP contribution is -2.54. The summed E-state index contributed by atoms with van der Waals surface area (Å²) < 4.78 is 76.5. The van der Waals surface area contributed by atoms with E-state index < -0.39 is 39.7 Å². The van der Waals surface area contributed by atoms with E-state index in [-0.39, 0.29) is 52.4 Å². The van der Waals surface area contributed by atoms with Gasteiger partial charge < -0.3 is 9.64 Å². The smallest absolute Gasteiger partial charge is 0.397 e. The predicted octanol–water partition coefficient (Wildman–Crippen LogP) is 4.41. The largest absolute Gasteiger partial charge is 0.476 e. The lowest BCUT2D eigenvalue weighted by atomic mass is 9.78. The number of anilines is 1. The highest BCUT2D eigenvalue weighted by molar-refractivity contribution is 7.90. The molecular weight excluding hydrogens is 587 g/mol. The molecule has 4 heterocycles. The summed E-state index contributed by atoms with van der Waals surface area (Å²) in [6.07, 6.45) is -0.678. The van der Waals surface area contributed by atoms with Crippen molar-refractivity contribution in [3.63, 3.8) is 0 Å². The summed E-state index contributed by atoms with van der Waals surface area (Å²) in [4.78, 5) is 20.2. The molecule has 1 saturated heterocycles. The minimum atomic E-state index is -4.35. The molecule has 3 aromatic heterocycles. The standard InChI is InChI=1S/C28H36F3N7O4S/c1-17-13-26(4,5)37(14-18(17)2)24-20(25(39)35-43(40,41)21-15-36(6)33-19(21)3)7-8-22(32-24)38-12-9-23(34-38)42-16-27(10-11-27)28(29,30)31/h7-9,12,15,17-18H,10-11,13-14,16H2,1-6H3,(H,35,39)/t17-,18?/m0/s1. The van der Waals surface area contributed by atoms with Gasteiger partial charge in [0, 0.05) is 37.6 Å². The maximum atomic E-state index is 13.6. The molecule has 1 amide bonds. The van der Waals surface area contributed by atoms with Gasteiger partial charge in [-0.05, 0) is 64.0 Å². The molecule has 1 unspecified atom stereocenters. The summed E-state index contributed by atoms with van der Waals surface area (Å²) in [6, 6.07) is 4.42. The van der Waals surface area contributed by atoms with Crippen molar-refractivity contribution in [2.24, 2.45) is 24.3 Å². The molecule has 1 aliphatic heterocycles. The number of hydrogen-bond donors (Lipinski definition) is 1. The number of nitrogens with one attached hydrogen (secondary N) is 1. The van der Waals surface area contributed by atoms with Gasteiger partial charge in [-0.15, -0.1) is 5.10 Å². The van der Waals surface area contributed by atoms with Crippen LogP contribution >= 0.6 is 0 Å². The minimum Gasteiger partial charge on any atom is -0.476 e. The average molecular weight is 624 g/mol. The maximum absolute atomic E-state index is 13.6. The monoisotopic (exact) mass is 623 g/mol. The Morgan fingerprint density at radius 1 is 1.14 bits per heavy atom. The molecule has 1 aliphatic carbocycles. The van der Waals surface area contributed by atoms with Gasteiger partial charge in [0.05, 0.1) is 11.3 Å². The van der Waals surface area contributed by atoms with Crippen LogP contribution in [0.5, 0.6) is 5.88 Å². The highest BCUT2D eigenvalue weighted by Gasteiger charge is 2.64. The lowest BCUT2D eigenvalue weighted by Gasteiger charge is -2.49. The normalized spacial score (nSPS) is 21.5. The highest BCUT2D eigenvalue weighted by atomic mass is 32.2. The average Bonchev–Trinajstić information content (AvgIpc) is 3.43. The number of aryl methyl sites for hydroxylation is 2. The maximum Gasteiger partial charge on any atom is 0.397 e. The number of piperidine rings is 1. The van der Waals surface area contributed by atoms with Crippen LogP contribution in [0.2, 0.25) is 0 Å². The van der Waals surface area contributed by atoms with Gasteiger partial charge in [-0.2, -0.15) is 18.3 Å². The Hall–Kier alpha value is -3.62. The second-order valence-electron chi connectivity index (χ2n) is 12.5. The first kappa shape index (κ1) is 30.8. The zero-order valence-corrected chi connectivity index (χ0v) is 25.8. The molecule has 1 saturated carbocycles. The molecule has 15 heteroatoms. The summed E-state index contributed by atoms with van der Waals surface area (Å²) in [5.41, 5.74) is -1.97. The van der Waals surface area contributed by atoms with E-state index in [1.807, 2.05) is 18.7 Å². The summed E-state index contributed by atoms with van der Waals surface area (Å²) >= 11 is 0. The molecule has 43 heavy (non-hydrogen) atoms. The van der Waals surface area contributed by atoms with Gasteiger partial charge in [0.25, 0.3) is 15.9 Å². The van der Waals surface area contributed by atoms with Gasteiger partial charge in [-0.3, -0.25) is 9.48 Å². The van der Waals surface area contributed by atoms with E-state index in [4.69, 9.17) is 9.72 Å². The zero-order chi connectivity index (χ0) is 31.5. The van der Waals surface area contributed by atoms with E-state index in [1.165, 1.54) is 46.9 Å². The van der Waals surface area contributed by atoms with Crippen molar-refractivity contribution in [2.45, 2.75) is 70.5 Å². The summed E-state index contributed by atoms with van der Waals surface area (Å²) in [7, 11) is -2.65. The van der Waals surface area contributed by atoms with Crippen molar-refractivity contribution in [3.8, 4) is 11.7 Å². The molecule has 234 valence electrons. The van der Waals surface area contributed by atoms with Crippen LogP contribution in [0.3, 0.4) is 0 Å². The van der Waals surface area contributed by atoms with E-state index in [0.29, 0.717) is 12.5 Å². The van der Waals surface area contributed by atoms with E-state index in [0.717, 1.165) is 6.42 Å². The number of rotatable bonds is 8. The second kappa shape index (κ2) is 10.5. The van der Waals surface area contributed by atoms with E-state index in [2.05, 4.69) is 28.8 Å². The molecule has 0 spiro atoms. The number of alkyl halides is 3. The number of amides is 1. The zero-order valence-electron chi connectivity index (χ0n) is 24.9. The number of carbonyl (C=O) groups excluding carboxylic acids is 1. The van der Waals surface area contributed by atoms with Gasteiger partial charge >= 0.3 is 6.18 Å². The van der Waals surface area contributed by atoms with Gasteiger partial charge in [0.2, 0.25) is 5.88 Å². The van der Waals surface area contributed by atoms with Crippen LogP contribution in [-0.2, 0) is 17.1 Å². The number of ether oxygens (including phenoxy) is 1. The number of aromatic nitrogens is 5. The van der Waals surface area contributed by atoms with Gasteiger partial charge in [-0.1, -0.05) is 13.8 Å². The van der Waals surface area contributed by atoms with Crippen LogP contribution < -0.4 is 14.4 Å². The Labute approximate surface area is 248 Å². The lowest BCUT2D eigenvalue weighted by molar-refractivity contribution is -0.194. The molecule has 2 fully saturated rings. The summed E-state index contributed by atoms with van der Waals surface area (Å²) in [6.45, 7) is 9.93. The first-order valence-corrected chi connectivity index (χ1v) is 15.5. The van der Waals surface area contributed by atoms with Gasteiger partial charge in [0.15, 0.2) is 5.82 Å². The summed E-state index contributed by atoms with van der Waals surface area (Å²) in [5, 5.41) is 8.33. The Bertz CT molecular complexity index is 1640. The van der Waals surface area contributed by atoms with Crippen LogP contribution in [0.25, 0.3) is 5.82 Å². The van der Waals surface area contributed by atoms with Crippen LogP contribution in [0, 0.1) is 24.2 Å².